The predicted octanol–water partition coefficient (Wildman–Crippen LogP) is 3.97. The van der Waals surface area contributed by atoms with E-state index in [1.165, 1.54) is 12.3 Å². The molecule has 0 bridgehead atoms. The number of rotatable bonds is 5. The number of hydrogen-bond donors (Lipinski definition) is 2. The largest absolute Gasteiger partial charge is 0.503 e. The van der Waals surface area contributed by atoms with E-state index in [4.69, 9.17) is 16.3 Å². The molecule has 2 N–H and O–H groups in total. The maximum absolute atomic E-state index is 12.0. The quantitative estimate of drug-likeness (QED) is 0.592. The van der Waals surface area contributed by atoms with E-state index in [1.54, 1.807) is 31.2 Å². The lowest BCUT2D eigenvalue weighted by atomic mass is 10.2. The molecule has 0 aromatic heterocycles. The van der Waals surface area contributed by atoms with Gasteiger partial charge < -0.3 is 9.84 Å². The van der Waals surface area contributed by atoms with Gasteiger partial charge in [-0.2, -0.15) is 5.10 Å². The van der Waals surface area contributed by atoms with Crippen LogP contribution < -0.4 is 10.2 Å². The summed E-state index contributed by atoms with van der Waals surface area (Å²) in [5.41, 5.74) is 3.49. The van der Waals surface area contributed by atoms with E-state index in [0.717, 1.165) is 0 Å². The van der Waals surface area contributed by atoms with Crippen LogP contribution in [-0.2, 0) is 0 Å². The molecule has 0 aliphatic carbocycles. The Kier molecular flexibility index (Phi) is 6.01. The third-order valence-electron chi connectivity index (χ3n) is 2.85. The first-order valence-electron chi connectivity index (χ1n) is 6.76. The topological polar surface area (TPSA) is 70.9 Å². The summed E-state index contributed by atoms with van der Waals surface area (Å²) in [7, 11) is 0. The number of phenolic OH excluding ortho intramolecular Hbond substituents is 1. The Morgan fingerprint density at radius 3 is 2.87 bits per heavy atom. The van der Waals surface area contributed by atoms with Crippen molar-refractivity contribution in [2.45, 2.75) is 6.92 Å². The number of benzene rings is 2. The van der Waals surface area contributed by atoms with Crippen LogP contribution in [0.25, 0.3) is 0 Å². The van der Waals surface area contributed by atoms with Gasteiger partial charge in [-0.3, -0.25) is 4.79 Å². The number of nitrogens with zero attached hydrogens (tertiary/aromatic N) is 1. The number of hydrazone groups is 1. The van der Waals surface area contributed by atoms with Crippen LogP contribution in [0.1, 0.15) is 22.8 Å². The van der Waals surface area contributed by atoms with Crippen LogP contribution in [0.2, 0.25) is 5.02 Å². The third-order valence-corrected chi connectivity index (χ3v) is 3.83. The average molecular weight is 398 g/mol. The van der Waals surface area contributed by atoms with Crippen LogP contribution in [0.3, 0.4) is 0 Å². The lowest BCUT2D eigenvalue weighted by Crippen LogP contribution is -2.18. The van der Waals surface area contributed by atoms with Gasteiger partial charge in [0.15, 0.2) is 11.5 Å². The van der Waals surface area contributed by atoms with Crippen LogP contribution in [0.4, 0.5) is 0 Å². The number of nitrogens with one attached hydrogen (secondary N) is 1. The molecule has 23 heavy (non-hydrogen) atoms. The second-order valence-electron chi connectivity index (χ2n) is 4.46. The predicted molar refractivity (Wildman–Crippen MR) is 93.5 cm³/mol. The average Bonchev–Trinajstić information content (AvgIpc) is 2.52. The molecule has 0 fully saturated rings. The number of ether oxygens (including phenoxy) is 1. The van der Waals surface area contributed by atoms with E-state index in [9.17, 15) is 9.90 Å². The summed E-state index contributed by atoms with van der Waals surface area (Å²) >= 11 is 9.23. The van der Waals surface area contributed by atoms with Gasteiger partial charge in [-0.1, -0.05) is 23.7 Å². The summed E-state index contributed by atoms with van der Waals surface area (Å²) in [5, 5.41) is 13.8. The van der Waals surface area contributed by atoms with Gasteiger partial charge in [0.2, 0.25) is 0 Å². The summed E-state index contributed by atoms with van der Waals surface area (Å²) in [5.74, 6) is -0.204. The highest BCUT2D eigenvalue weighted by atomic mass is 79.9. The minimum atomic E-state index is -0.344. The summed E-state index contributed by atoms with van der Waals surface area (Å²) < 4.78 is 5.96. The number of amides is 1. The zero-order valence-electron chi connectivity index (χ0n) is 12.2. The van der Waals surface area contributed by atoms with Crippen LogP contribution in [0, 0.1) is 0 Å². The normalized spacial score (nSPS) is 10.7. The molecule has 0 unspecified atom stereocenters. The van der Waals surface area contributed by atoms with Crippen molar-refractivity contribution >= 4 is 39.7 Å². The monoisotopic (exact) mass is 396 g/mol. The van der Waals surface area contributed by atoms with Gasteiger partial charge >= 0.3 is 0 Å². The summed E-state index contributed by atoms with van der Waals surface area (Å²) in [6, 6.07) is 10.1. The van der Waals surface area contributed by atoms with E-state index in [1.807, 2.05) is 6.07 Å². The smallest absolute Gasteiger partial charge is 0.272 e. The highest BCUT2D eigenvalue weighted by Crippen LogP contribution is 2.34. The van der Waals surface area contributed by atoms with Crippen molar-refractivity contribution in [3.05, 3.63) is 57.0 Å². The molecular formula is C16H14BrClN2O3. The summed E-state index contributed by atoms with van der Waals surface area (Å²) in [6.45, 7) is 2.19. The van der Waals surface area contributed by atoms with Crippen molar-refractivity contribution < 1.29 is 14.6 Å². The Morgan fingerprint density at radius 2 is 2.17 bits per heavy atom. The highest BCUT2D eigenvalue weighted by Gasteiger charge is 2.10. The molecular weight excluding hydrogens is 384 g/mol. The molecule has 1 amide bonds. The molecule has 120 valence electrons. The van der Waals surface area contributed by atoms with Crippen molar-refractivity contribution in [2.75, 3.05) is 6.61 Å². The Morgan fingerprint density at radius 1 is 1.43 bits per heavy atom. The van der Waals surface area contributed by atoms with Crippen LogP contribution >= 0.6 is 27.5 Å². The second-order valence-corrected chi connectivity index (χ2v) is 5.72. The molecule has 2 aromatic rings. The zero-order valence-corrected chi connectivity index (χ0v) is 14.6. The first-order chi connectivity index (χ1) is 11.0. The Bertz CT molecular complexity index is 750. The van der Waals surface area contributed by atoms with Crippen LogP contribution in [0.5, 0.6) is 11.5 Å². The molecule has 0 saturated carbocycles. The van der Waals surface area contributed by atoms with E-state index in [0.29, 0.717) is 22.2 Å². The standard InChI is InChI=1S/C16H14BrClN2O3/c1-2-23-14-8-10(7-13(18)15(14)21)9-19-20-16(22)11-5-3-4-6-12(11)17/h3-9,21H,2H2,1H3,(H,20,22)/b19-9-. The minimum absolute atomic E-state index is 0.122. The van der Waals surface area contributed by atoms with Crippen LogP contribution in [0.15, 0.2) is 46.0 Å². The number of aromatic hydroxyl groups is 1. The molecule has 0 aliphatic rings. The molecule has 5 nitrogen and oxygen atoms in total. The number of carbonyl (C=O) groups is 1. The maximum atomic E-state index is 12.0. The van der Waals surface area contributed by atoms with Crippen molar-refractivity contribution in [3.63, 3.8) is 0 Å². The lowest BCUT2D eigenvalue weighted by molar-refractivity contribution is 0.0954. The first-order valence-corrected chi connectivity index (χ1v) is 7.93. The minimum Gasteiger partial charge on any atom is -0.503 e. The fraction of sp³-hybridized carbons (Fsp3) is 0.125. The van der Waals surface area contributed by atoms with Crippen molar-refractivity contribution in [1.29, 1.82) is 0 Å². The molecule has 0 spiro atoms. The van der Waals surface area contributed by atoms with E-state index in [2.05, 4.69) is 26.5 Å². The van der Waals surface area contributed by atoms with Gasteiger partial charge in [0.25, 0.3) is 5.91 Å². The lowest BCUT2D eigenvalue weighted by Gasteiger charge is -2.08. The molecule has 2 aromatic carbocycles. The molecule has 0 aliphatic heterocycles. The van der Waals surface area contributed by atoms with Gasteiger partial charge in [-0.15, -0.1) is 0 Å². The third kappa shape index (κ3) is 4.46. The zero-order chi connectivity index (χ0) is 16.8. The number of carbonyl (C=O) groups excluding carboxylic acids is 1. The van der Waals surface area contributed by atoms with Gasteiger partial charge in [-0.05, 0) is 52.7 Å². The Labute approximate surface area is 147 Å². The molecule has 7 heteroatoms. The highest BCUT2D eigenvalue weighted by molar-refractivity contribution is 9.10. The molecule has 0 radical (unpaired) electrons. The van der Waals surface area contributed by atoms with Gasteiger partial charge in [0.1, 0.15) is 0 Å². The van der Waals surface area contributed by atoms with Gasteiger partial charge in [-0.25, -0.2) is 5.43 Å². The molecule has 0 atom stereocenters. The van der Waals surface area contributed by atoms with Crippen molar-refractivity contribution in [1.82, 2.24) is 5.43 Å². The van der Waals surface area contributed by atoms with Crippen molar-refractivity contribution in [3.8, 4) is 11.5 Å². The van der Waals surface area contributed by atoms with E-state index >= 15 is 0 Å². The summed E-state index contributed by atoms with van der Waals surface area (Å²) in [6.07, 6.45) is 1.42. The number of hydrogen-bond acceptors (Lipinski definition) is 4. The molecule has 0 saturated heterocycles. The van der Waals surface area contributed by atoms with Crippen molar-refractivity contribution in [2.24, 2.45) is 5.10 Å². The second kappa shape index (κ2) is 7.99. The SMILES string of the molecule is CCOc1cc(/C=N\NC(=O)c2ccccc2Br)cc(Cl)c1O. The van der Waals surface area contributed by atoms with Gasteiger partial charge in [0.05, 0.1) is 23.4 Å². The molecule has 2 rings (SSSR count). The number of halogens is 2. The van der Waals surface area contributed by atoms with Gasteiger partial charge in [0, 0.05) is 4.47 Å². The number of phenols is 1. The van der Waals surface area contributed by atoms with E-state index in [-0.39, 0.29) is 22.4 Å². The van der Waals surface area contributed by atoms with E-state index < -0.39 is 0 Å². The molecule has 0 heterocycles. The fourth-order valence-electron chi connectivity index (χ4n) is 1.80. The fourth-order valence-corrected chi connectivity index (χ4v) is 2.49. The first kappa shape index (κ1) is 17.3. The maximum Gasteiger partial charge on any atom is 0.272 e. The Hall–Kier alpha value is -2.05. The summed E-state index contributed by atoms with van der Waals surface area (Å²) in [4.78, 5) is 12.0. The van der Waals surface area contributed by atoms with Crippen LogP contribution in [-0.4, -0.2) is 23.8 Å². The Balaban J connectivity index is 2.12.